The topological polar surface area (TPSA) is 54.7 Å². The van der Waals surface area contributed by atoms with E-state index in [0.29, 0.717) is 6.54 Å². The van der Waals surface area contributed by atoms with Crippen molar-refractivity contribution in [3.05, 3.63) is 53.0 Å². The standard InChI is InChI=1S/C21H28N2O3.ClH/c1-15-10-16(2)12-18(11-15)25-14-21(24)22-13-19(23-8-4-5-9-23)20-7-6-17(3)26-20;/h6-7,10-12,19H,4-5,8-9,13-14H2,1-3H3,(H,22,24);1H. The molecule has 0 radical (unpaired) electrons. The van der Waals surface area contributed by atoms with Crippen LogP contribution in [0.15, 0.2) is 34.7 Å². The minimum atomic E-state index is -0.114. The quantitative estimate of drug-likeness (QED) is 0.774. The molecule has 1 aromatic heterocycles. The fourth-order valence-electron chi connectivity index (χ4n) is 3.52. The molecule has 0 aliphatic carbocycles. The number of amides is 1. The van der Waals surface area contributed by atoms with E-state index >= 15 is 0 Å². The van der Waals surface area contributed by atoms with Crippen LogP contribution in [0.4, 0.5) is 0 Å². The molecule has 1 aliphatic rings. The van der Waals surface area contributed by atoms with Gasteiger partial charge in [-0.3, -0.25) is 9.69 Å². The van der Waals surface area contributed by atoms with Gasteiger partial charge in [-0.1, -0.05) is 6.07 Å². The number of hydrogen-bond donors (Lipinski definition) is 1. The third kappa shape index (κ3) is 6.01. The summed E-state index contributed by atoms with van der Waals surface area (Å²) in [6.45, 7) is 8.62. The van der Waals surface area contributed by atoms with Crippen molar-refractivity contribution in [1.29, 1.82) is 0 Å². The van der Waals surface area contributed by atoms with Gasteiger partial charge in [0.25, 0.3) is 5.91 Å². The van der Waals surface area contributed by atoms with Crippen molar-refractivity contribution in [3.63, 3.8) is 0 Å². The minimum Gasteiger partial charge on any atom is -0.484 e. The van der Waals surface area contributed by atoms with Gasteiger partial charge in [0, 0.05) is 6.54 Å². The molecule has 5 nitrogen and oxygen atoms in total. The number of furan rings is 1. The van der Waals surface area contributed by atoms with Crippen molar-refractivity contribution >= 4 is 18.3 Å². The molecule has 1 aliphatic heterocycles. The lowest BCUT2D eigenvalue weighted by Crippen LogP contribution is -2.38. The minimum absolute atomic E-state index is 0. The largest absolute Gasteiger partial charge is 0.484 e. The van der Waals surface area contributed by atoms with Gasteiger partial charge in [0.2, 0.25) is 0 Å². The number of nitrogens with zero attached hydrogens (tertiary/aromatic N) is 1. The molecule has 1 saturated heterocycles. The molecule has 1 amide bonds. The highest BCUT2D eigenvalue weighted by Gasteiger charge is 2.26. The summed E-state index contributed by atoms with van der Waals surface area (Å²) in [5, 5.41) is 3.00. The van der Waals surface area contributed by atoms with Crippen LogP contribution in [0.1, 0.15) is 41.5 Å². The number of rotatable bonds is 7. The number of aryl methyl sites for hydroxylation is 3. The zero-order chi connectivity index (χ0) is 18.5. The summed E-state index contributed by atoms with van der Waals surface area (Å²) in [7, 11) is 0. The lowest BCUT2D eigenvalue weighted by Gasteiger charge is -2.26. The van der Waals surface area contributed by atoms with Gasteiger partial charge in [-0.05, 0) is 82.1 Å². The van der Waals surface area contributed by atoms with Crippen LogP contribution in [-0.4, -0.2) is 37.0 Å². The van der Waals surface area contributed by atoms with E-state index in [0.717, 1.165) is 41.5 Å². The number of likely N-dealkylation sites (tertiary alicyclic amines) is 1. The molecular formula is C21H29ClN2O3. The summed E-state index contributed by atoms with van der Waals surface area (Å²) in [5.74, 6) is 2.43. The molecule has 0 bridgehead atoms. The van der Waals surface area contributed by atoms with Crippen LogP contribution in [0, 0.1) is 20.8 Å². The maximum atomic E-state index is 12.3. The summed E-state index contributed by atoms with van der Waals surface area (Å²) >= 11 is 0. The van der Waals surface area contributed by atoms with E-state index in [1.807, 2.05) is 45.0 Å². The second-order valence-corrected chi connectivity index (χ2v) is 7.12. The first-order valence-corrected chi connectivity index (χ1v) is 9.29. The van der Waals surface area contributed by atoms with Gasteiger partial charge in [0.15, 0.2) is 6.61 Å². The Balaban J connectivity index is 0.00000261. The molecule has 1 atom stereocenters. The van der Waals surface area contributed by atoms with E-state index in [4.69, 9.17) is 9.15 Å². The van der Waals surface area contributed by atoms with Crippen LogP contribution in [0.3, 0.4) is 0 Å². The van der Waals surface area contributed by atoms with Crippen LogP contribution in [0.25, 0.3) is 0 Å². The molecule has 27 heavy (non-hydrogen) atoms. The molecule has 2 heterocycles. The highest BCUT2D eigenvalue weighted by molar-refractivity contribution is 5.85. The van der Waals surface area contributed by atoms with Crippen molar-refractivity contribution in [1.82, 2.24) is 10.2 Å². The molecule has 1 N–H and O–H groups in total. The zero-order valence-electron chi connectivity index (χ0n) is 16.3. The zero-order valence-corrected chi connectivity index (χ0v) is 17.1. The molecule has 6 heteroatoms. The average Bonchev–Trinajstić information content (AvgIpc) is 3.25. The van der Waals surface area contributed by atoms with Gasteiger partial charge < -0.3 is 14.5 Å². The first kappa shape index (κ1) is 21.3. The molecule has 148 valence electrons. The van der Waals surface area contributed by atoms with E-state index in [-0.39, 0.29) is 31.0 Å². The number of benzene rings is 1. The third-order valence-electron chi connectivity index (χ3n) is 4.73. The van der Waals surface area contributed by atoms with Crippen LogP contribution >= 0.6 is 12.4 Å². The first-order valence-electron chi connectivity index (χ1n) is 9.29. The highest BCUT2D eigenvalue weighted by Crippen LogP contribution is 2.26. The Morgan fingerprint density at radius 1 is 1.15 bits per heavy atom. The van der Waals surface area contributed by atoms with E-state index < -0.39 is 0 Å². The maximum absolute atomic E-state index is 12.3. The predicted octanol–water partition coefficient (Wildman–Crippen LogP) is 3.96. The molecule has 0 saturated carbocycles. The van der Waals surface area contributed by atoms with E-state index in [9.17, 15) is 4.79 Å². The normalized spacial score (nSPS) is 15.2. The smallest absolute Gasteiger partial charge is 0.258 e. The van der Waals surface area contributed by atoms with Crippen LogP contribution in [-0.2, 0) is 4.79 Å². The SMILES string of the molecule is Cc1cc(C)cc(OCC(=O)NCC(c2ccc(C)o2)N2CCCC2)c1.Cl. The molecule has 0 spiro atoms. The summed E-state index contributed by atoms with van der Waals surface area (Å²) < 4.78 is 11.5. The lowest BCUT2D eigenvalue weighted by atomic mass is 10.1. The highest BCUT2D eigenvalue weighted by atomic mass is 35.5. The van der Waals surface area contributed by atoms with E-state index in [2.05, 4.69) is 16.3 Å². The number of hydrogen-bond acceptors (Lipinski definition) is 4. The number of nitrogens with one attached hydrogen (secondary N) is 1. The molecule has 2 aromatic rings. The average molecular weight is 393 g/mol. The molecular weight excluding hydrogens is 364 g/mol. The van der Waals surface area contributed by atoms with Crippen molar-refractivity contribution in [2.45, 2.75) is 39.7 Å². The lowest BCUT2D eigenvalue weighted by molar-refractivity contribution is -0.123. The third-order valence-corrected chi connectivity index (χ3v) is 4.73. The molecule has 1 fully saturated rings. The maximum Gasteiger partial charge on any atom is 0.258 e. The summed E-state index contributed by atoms with van der Waals surface area (Å²) in [4.78, 5) is 14.6. The first-order chi connectivity index (χ1) is 12.5. The van der Waals surface area contributed by atoms with Crippen molar-refractivity contribution in [2.75, 3.05) is 26.2 Å². The van der Waals surface area contributed by atoms with E-state index in [1.165, 1.54) is 12.8 Å². The Hall–Kier alpha value is -1.98. The van der Waals surface area contributed by atoms with Gasteiger partial charge in [-0.15, -0.1) is 12.4 Å². The molecule has 3 rings (SSSR count). The Labute approximate surface area is 167 Å². The second-order valence-electron chi connectivity index (χ2n) is 7.12. The van der Waals surface area contributed by atoms with Gasteiger partial charge in [0.05, 0.1) is 6.04 Å². The number of carbonyl (C=O) groups excluding carboxylic acids is 1. The van der Waals surface area contributed by atoms with Gasteiger partial charge in [-0.2, -0.15) is 0 Å². The van der Waals surface area contributed by atoms with Crippen molar-refractivity contribution in [3.8, 4) is 5.75 Å². The predicted molar refractivity (Wildman–Crippen MR) is 109 cm³/mol. The Kier molecular flexibility index (Phi) is 7.75. The van der Waals surface area contributed by atoms with Crippen LogP contribution in [0.5, 0.6) is 5.75 Å². The van der Waals surface area contributed by atoms with Gasteiger partial charge in [-0.25, -0.2) is 0 Å². The van der Waals surface area contributed by atoms with Crippen molar-refractivity contribution in [2.24, 2.45) is 0 Å². The monoisotopic (exact) mass is 392 g/mol. The summed E-state index contributed by atoms with van der Waals surface area (Å²) in [6.07, 6.45) is 2.39. The van der Waals surface area contributed by atoms with Gasteiger partial charge in [0.1, 0.15) is 17.3 Å². The number of carbonyl (C=O) groups is 1. The molecule has 1 unspecified atom stereocenters. The summed E-state index contributed by atoms with van der Waals surface area (Å²) in [5.41, 5.74) is 2.25. The van der Waals surface area contributed by atoms with Crippen LogP contribution in [0.2, 0.25) is 0 Å². The Morgan fingerprint density at radius 2 is 1.81 bits per heavy atom. The van der Waals surface area contributed by atoms with Gasteiger partial charge >= 0.3 is 0 Å². The van der Waals surface area contributed by atoms with Crippen LogP contribution < -0.4 is 10.1 Å². The number of halogens is 1. The Morgan fingerprint density at radius 3 is 2.41 bits per heavy atom. The van der Waals surface area contributed by atoms with E-state index in [1.54, 1.807) is 0 Å². The molecule has 1 aromatic carbocycles. The van der Waals surface area contributed by atoms with Crippen molar-refractivity contribution < 1.29 is 13.9 Å². The fourth-order valence-corrected chi connectivity index (χ4v) is 3.52. The number of ether oxygens (including phenoxy) is 1. The Bertz CT molecular complexity index is 733. The summed E-state index contributed by atoms with van der Waals surface area (Å²) in [6, 6.07) is 10.0. The second kappa shape index (κ2) is 9.81. The fraction of sp³-hybridized carbons (Fsp3) is 0.476.